The largest absolute Gasteiger partial charge is 0.465 e. The van der Waals surface area contributed by atoms with Gasteiger partial charge in [-0.2, -0.15) is 0 Å². The highest BCUT2D eigenvalue weighted by molar-refractivity contribution is 7.99. The molecular formula is C14H12ClNO2S. The number of anilines is 1. The first-order chi connectivity index (χ1) is 9.10. The summed E-state index contributed by atoms with van der Waals surface area (Å²) >= 11 is 7.30. The van der Waals surface area contributed by atoms with Gasteiger partial charge in [-0.3, -0.25) is 0 Å². The number of hydrogen-bond acceptors (Lipinski definition) is 4. The minimum Gasteiger partial charge on any atom is -0.465 e. The number of nitrogens with two attached hydrogens (primary N) is 1. The van der Waals surface area contributed by atoms with Crippen LogP contribution >= 0.6 is 23.4 Å². The minimum atomic E-state index is -0.399. The van der Waals surface area contributed by atoms with Crippen LogP contribution < -0.4 is 5.73 Å². The van der Waals surface area contributed by atoms with E-state index in [1.165, 1.54) is 18.9 Å². The van der Waals surface area contributed by atoms with Gasteiger partial charge in [0.1, 0.15) is 0 Å². The normalized spacial score (nSPS) is 10.2. The molecule has 2 aromatic carbocycles. The molecule has 0 aliphatic rings. The summed E-state index contributed by atoms with van der Waals surface area (Å²) in [6.07, 6.45) is 0. The highest BCUT2D eigenvalue weighted by Crippen LogP contribution is 2.32. The Morgan fingerprint density at radius 2 is 1.89 bits per heavy atom. The van der Waals surface area contributed by atoms with Gasteiger partial charge in [-0.05, 0) is 42.5 Å². The van der Waals surface area contributed by atoms with E-state index in [1.54, 1.807) is 30.3 Å². The van der Waals surface area contributed by atoms with Crippen LogP contribution in [0.4, 0.5) is 5.69 Å². The lowest BCUT2D eigenvalue weighted by molar-refractivity contribution is 0.0597. The number of halogens is 1. The summed E-state index contributed by atoms with van der Waals surface area (Å²) in [6, 6.07) is 12.6. The summed E-state index contributed by atoms with van der Waals surface area (Å²) in [5.74, 6) is -0.399. The summed E-state index contributed by atoms with van der Waals surface area (Å²) in [5, 5.41) is 0.676. The molecule has 0 atom stereocenters. The minimum absolute atomic E-state index is 0.399. The predicted molar refractivity (Wildman–Crippen MR) is 77.8 cm³/mol. The van der Waals surface area contributed by atoms with Crippen LogP contribution in [-0.2, 0) is 4.74 Å². The van der Waals surface area contributed by atoms with E-state index in [-0.39, 0.29) is 0 Å². The molecule has 0 amide bonds. The summed E-state index contributed by atoms with van der Waals surface area (Å²) in [5.41, 5.74) is 6.69. The lowest BCUT2D eigenvalue weighted by Crippen LogP contribution is -2.04. The highest BCUT2D eigenvalue weighted by Gasteiger charge is 2.13. The number of esters is 1. The van der Waals surface area contributed by atoms with Crippen LogP contribution in [0.15, 0.2) is 52.3 Å². The van der Waals surface area contributed by atoms with Crippen molar-refractivity contribution in [1.29, 1.82) is 0 Å². The van der Waals surface area contributed by atoms with E-state index in [1.807, 2.05) is 12.1 Å². The summed E-state index contributed by atoms with van der Waals surface area (Å²) in [6.45, 7) is 0. The van der Waals surface area contributed by atoms with Crippen molar-refractivity contribution in [2.24, 2.45) is 0 Å². The zero-order valence-electron chi connectivity index (χ0n) is 10.2. The number of ether oxygens (including phenoxy) is 1. The molecule has 0 aliphatic heterocycles. The molecule has 0 aromatic heterocycles. The molecule has 0 saturated heterocycles. The van der Waals surface area contributed by atoms with Crippen LogP contribution in [0.2, 0.25) is 5.02 Å². The third-order valence-electron chi connectivity index (χ3n) is 2.45. The topological polar surface area (TPSA) is 52.3 Å². The molecule has 2 rings (SSSR count). The van der Waals surface area contributed by atoms with E-state index in [0.29, 0.717) is 16.3 Å². The van der Waals surface area contributed by atoms with Crippen LogP contribution in [0.25, 0.3) is 0 Å². The lowest BCUT2D eigenvalue weighted by atomic mass is 10.2. The molecule has 0 aliphatic carbocycles. The molecule has 5 heteroatoms. The molecule has 0 unspecified atom stereocenters. The van der Waals surface area contributed by atoms with Crippen molar-refractivity contribution >= 4 is 35.0 Å². The van der Waals surface area contributed by atoms with Gasteiger partial charge in [0, 0.05) is 20.5 Å². The first-order valence-corrected chi connectivity index (χ1v) is 6.71. The second-order valence-electron chi connectivity index (χ2n) is 3.80. The second kappa shape index (κ2) is 5.99. The van der Waals surface area contributed by atoms with Crippen molar-refractivity contribution in [2.45, 2.75) is 9.79 Å². The Bertz CT molecular complexity index is 599. The van der Waals surface area contributed by atoms with Gasteiger partial charge in [-0.25, -0.2) is 4.79 Å². The number of nitrogen functional groups attached to an aromatic ring is 1. The van der Waals surface area contributed by atoms with E-state index in [2.05, 4.69) is 0 Å². The number of carbonyl (C=O) groups is 1. The standard InChI is InChI=1S/C14H12ClNO2S/c1-18-14(17)12-8-10(16)4-7-13(12)19-11-5-2-9(15)3-6-11/h2-8H,16H2,1H3. The van der Waals surface area contributed by atoms with Crippen LogP contribution in [0, 0.1) is 0 Å². The first kappa shape index (κ1) is 13.8. The average Bonchev–Trinajstić information content (AvgIpc) is 2.42. The van der Waals surface area contributed by atoms with E-state index in [0.717, 1.165) is 9.79 Å². The Labute approximate surface area is 120 Å². The van der Waals surface area contributed by atoms with Crippen LogP contribution in [0.5, 0.6) is 0 Å². The van der Waals surface area contributed by atoms with Crippen LogP contribution in [-0.4, -0.2) is 13.1 Å². The summed E-state index contributed by atoms with van der Waals surface area (Å²) < 4.78 is 4.76. The van der Waals surface area contributed by atoms with Crippen molar-refractivity contribution in [3.63, 3.8) is 0 Å². The van der Waals surface area contributed by atoms with Crippen molar-refractivity contribution in [3.05, 3.63) is 53.1 Å². The van der Waals surface area contributed by atoms with E-state index in [9.17, 15) is 4.79 Å². The SMILES string of the molecule is COC(=O)c1cc(N)ccc1Sc1ccc(Cl)cc1. The van der Waals surface area contributed by atoms with Crippen molar-refractivity contribution in [1.82, 2.24) is 0 Å². The number of rotatable bonds is 3. The maximum absolute atomic E-state index is 11.7. The summed E-state index contributed by atoms with van der Waals surface area (Å²) in [4.78, 5) is 13.5. The molecule has 0 saturated carbocycles. The van der Waals surface area contributed by atoms with Crippen molar-refractivity contribution < 1.29 is 9.53 Å². The zero-order valence-corrected chi connectivity index (χ0v) is 11.8. The van der Waals surface area contributed by atoms with Gasteiger partial charge in [0.05, 0.1) is 12.7 Å². The Kier molecular flexibility index (Phi) is 4.35. The molecule has 2 N–H and O–H groups in total. The van der Waals surface area contributed by atoms with Crippen molar-refractivity contribution in [3.8, 4) is 0 Å². The fourth-order valence-electron chi connectivity index (χ4n) is 1.54. The van der Waals surface area contributed by atoms with Gasteiger partial charge in [0.25, 0.3) is 0 Å². The Morgan fingerprint density at radius 1 is 1.21 bits per heavy atom. The Morgan fingerprint density at radius 3 is 2.53 bits per heavy atom. The van der Waals surface area contributed by atoms with Gasteiger partial charge >= 0.3 is 5.97 Å². The highest BCUT2D eigenvalue weighted by atomic mass is 35.5. The zero-order chi connectivity index (χ0) is 13.8. The molecule has 0 radical (unpaired) electrons. The fraction of sp³-hybridized carbons (Fsp3) is 0.0714. The number of methoxy groups -OCH3 is 1. The molecule has 0 heterocycles. The number of carbonyl (C=O) groups excluding carboxylic acids is 1. The second-order valence-corrected chi connectivity index (χ2v) is 5.35. The Balaban J connectivity index is 2.34. The van der Waals surface area contributed by atoms with E-state index >= 15 is 0 Å². The molecule has 98 valence electrons. The Hall–Kier alpha value is -1.65. The van der Waals surface area contributed by atoms with Gasteiger partial charge in [-0.1, -0.05) is 23.4 Å². The van der Waals surface area contributed by atoms with E-state index in [4.69, 9.17) is 22.1 Å². The van der Waals surface area contributed by atoms with Gasteiger partial charge in [-0.15, -0.1) is 0 Å². The maximum atomic E-state index is 11.7. The molecule has 0 spiro atoms. The van der Waals surface area contributed by atoms with E-state index < -0.39 is 5.97 Å². The maximum Gasteiger partial charge on any atom is 0.339 e. The average molecular weight is 294 g/mol. The smallest absolute Gasteiger partial charge is 0.339 e. The lowest BCUT2D eigenvalue weighted by Gasteiger charge is -2.08. The molecule has 0 fully saturated rings. The van der Waals surface area contributed by atoms with Crippen LogP contribution in [0.1, 0.15) is 10.4 Å². The predicted octanol–water partition coefficient (Wildman–Crippen LogP) is 3.86. The molecule has 2 aromatic rings. The number of benzene rings is 2. The quantitative estimate of drug-likeness (QED) is 0.689. The molecule has 3 nitrogen and oxygen atoms in total. The first-order valence-electron chi connectivity index (χ1n) is 5.51. The number of hydrogen-bond donors (Lipinski definition) is 1. The van der Waals surface area contributed by atoms with Crippen molar-refractivity contribution in [2.75, 3.05) is 12.8 Å². The third-order valence-corrected chi connectivity index (χ3v) is 3.79. The van der Waals surface area contributed by atoms with Gasteiger partial charge in [0.15, 0.2) is 0 Å². The van der Waals surface area contributed by atoms with Gasteiger partial charge < -0.3 is 10.5 Å². The summed E-state index contributed by atoms with van der Waals surface area (Å²) in [7, 11) is 1.35. The molecule has 0 bridgehead atoms. The molecular weight excluding hydrogens is 282 g/mol. The van der Waals surface area contributed by atoms with Crippen LogP contribution in [0.3, 0.4) is 0 Å². The monoisotopic (exact) mass is 293 g/mol. The van der Waals surface area contributed by atoms with Gasteiger partial charge in [0.2, 0.25) is 0 Å². The third kappa shape index (κ3) is 3.43. The fourth-order valence-corrected chi connectivity index (χ4v) is 2.58. The molecule has 19 heavy (non-hydrogen) atoms.